The number of hydrazine groups is 1. The third-order valence-corrected chi connectivity index (χ3v) is 6.30. The molecule has 0 aromatic heterocycles. The van der Waals surface area contributed by atoms with Gasteiger partial charge in [0.25, 0.3) is 0 Å². The van der Waals surface area contributed by atoms with E-state index < -0.39 is 6.09 Å². The van der Waals surface area contributed by atoms with Crippen molar-refractivity contribution in [2.75, 3.05) is 6.61 Å². The average molecular weight is 391 g/mol. The molecule has 0 bridgehead atoms. The van der Waals surface area contributed by atoms with Crippen LogP contribution < -0.4 is 10.9 Å². The number of hydrogen-bond donors (Lipinski definition) is 2. The predicted octanol–water partition coefficient (Wildman–Crippen LogP) is 5.76. The topological polar surface area (TPSA) is 50.4 Å². The van der Waals surface area contributed by atoms with Crippen LogP contribution in [0.2, 0.25) is 0 Å². The zero-order chi connectivity index (χ0) is 20.4. The maximum Gasteiger partial charge on any atom is 0.425 e. The highest BCUT2D eigenvalue weighted by atomic mass is 16.6. The van der Waals surface area contributed by atoms with E-state index in [-0.39, 0.29) is 5.92 Å². The van der Waals surface area contributed by atoms with E-state index >= 15 is 0 Å². The Labute approximate surface area is 173 Å². The van der Waals surface area contributed by atoms with E-state index in [1.807, 2.05) is 12.1 Å². The van der Waals surface area contributed by atoms with E-state index in [1.54, 1.807) is 0 Å². The summed E-state index contributed by atoms with van der Waals surface area (Å²) in [5.41, 5.74) is 12.0. The molecule has 0 heterocycles. The summed E-state index contributed by atoms with van der Waals surface area (Å²) in [4.78, 5) is 12.3. The fraction of sp³-hybridized carbons (Fsp3) is 0.400. The number of hydrogen-bond acceptors (Lipinski definition) is 3. The van der Waals surface area contributed by atoms with Gasteiger partial charge >= 0.3 is 6.09 Å². The summed E-state index contributed by atoms with van der Waals surface area (Å²) >= 11 is 0. The molecule has 2 N–H and O–H groups in total. The van der Waals surface area contributed by atoms with Crippen LogP contribution in [-0.2, 0) is 4.74 Å². The highest BCUT2D eigenvalue weighted by Crippen LogP contribution is 2.44. The molecule has 0 saturated heterocycles. The fourth-order valence-electron chi connectivity index (χ4n) is 4.50. The molecule has 29 heavy (non-hydrogen) atoms. The van der Waals surface area contributed by atoms with Crippen LogP contribution in [0.4, 0.5) is 4.79 Å². The number of carbonyl (C=O) groups excluding carboxylic acids is 1. The predicted molar refractivity (Wildman–Crippen MR) is 116 cm³/mol. The molecule has 1 amide bonds. The van der Waals surface area contributed by atoms with Gasteiger partial charge in [0.2, 0.25) is 0 Å². The van der Waals surface area contributed by atoms with Gasteiger partial charge in [0.15, 0.2) is 0 Å². The van der Waals surface area contributed by atoms with Gasteiger partial charge in [-0.15, -0.1) is 0 Å². The quantitative estimate of drug-likeness (QED) is 0.653. The van der Waals surface area contributed by atoms with E-state index in [0.29, 0.717) is 17.9 Å². The minimum absolute atomic E-state index is 0.0783. The molecule has 4 rings (SSSR count). The summed E-state index contributed by atoms with van der Waals surface area (Å²) in [6.45, 7) is 7.20. The third-order valence-electron chi connectivity index (χ3n) is 6.30. The van der Waals surface area contributed by atoms with E-state index in [2.05, 4.69) is 74.1 Å². The van der Waals surface area contributed by atoms with Crippen LogP contribution >= 0.6 is 0 Å². The Hall–Kier alpha value is -2.75. The molecule has 1 unspecified atom stereocenters. The Morgan fingerprint density at radius 3 is 2.21 bits per heavy atom. The molecule has 0 fully saturated rings. The molecule has 2 aromatic carbocycles. The summed E-state index contributed by atoms with van der Waals surface area (Å²) < 4.78 is 5.57. The van der Waals surface area contributed by atoms with E-state index in [0.717, 1.165) is 25.0 Å². The number of benzene rings is 2. The van der Waals surface area contributed by atoms with Crippen molar-refractivity contribution in [1.29, 1.82) is 0 Å². The van der Waals surface area contributed by atoms with Crippen LogP contribution in [0.15, 0.2) is 60.3 Å². The molecule has 2 aliphatic rings. The van der Waals surface area contributed by atoms with Crippen molar-refractivity contribution in [3.63, 3.8) is 0 Å². The van der Waals surface area contributed by atoms with Crippen molar-refractivity contribution in [3.05, 3.63) is 71.4 Å². The lowest BCUT2D eigenvalue weighted by Crippen LogP contribution is -2.39. The van der Waals surface area contributed by atoms with Crippen molar-refractivity contribution in [1.82, 2.24) is 10.9 Å². The third kappa shape index (κ3) is 4.16. The maximum absolute atomic E-state index is 12.3. The van der Waals surface area contributed by atoms with Gasteiger partial charge in [-0.05, 0) is 52.8 Å². The zero-order valence-electron chi connectivity index (χ0n) is 17.5. The summed E-state index contributed by atoms with van der Waals surface area (Å²) in [7, 11) is 0. The number of ether oxygens (including phenoxy) is 1. The van der Waals surface area contributed by atoms with Crippen LogP contribution in [0.3, 0.4) is 0 Å². The van der Waals surface area contributed by atoms with Gasteiger partial charge in [-0.2, -0.15) is 0 Å². The Bertz CT molecular complexity index is 881. The molecule has 4 heteroatoms. The van der Waals surface area contributed by atoms with Gasteiger partial charge in [-0.1, -0.05) is 75.4 Å². The van der Waals surface area contributed by atoms with Gasteiger partial charge in [-0.3, -0.25) is 0 Å². The lowest BCUT2D eigenvalue weighted by Gasteiger charge is -2.33. The van der Waals surface area contributed by atoms with Crippen LogP contribution in [0.5, 0.6) is 0 Å². The Morgan fingerprint density at radius 1 is 1.03 bits per heavy atom. The lowest BCUT2D eigenvalue weighted by molar-refractivity contribution is 0.139. The van der Waals surface area contributed by atoms with Gasteiger partial charge in [-0.25, -0.2) is 10.2 Å². The summed E-state index contributed by atoms with van der Waals surface area (Å²) in [5, 5.41) is 0. The second kappa shape index (κ2) is 7.94. The van der Waals surface area contributed by atoms with Gasteiger partial charge < -0.3 is 10.2 Å². The monoisotopic (exact) mass is 390 g/mol. The summed E-state index contributed by atoms with van der Waals surface area (Å²) in [6.07, 6.45) is 4.88. The highest BCUT2D eigenvalue weighted by molar-refractivity contribution is 5.79. The van der Waals surface area contributed by atoms with Gasteiger partial charge in [0.05, 0.1) is 0 Å². The Kier molecular flexibility index (Phi) is 5.35. The van der Waals surface area contributed by atoms with E-state index in [1.165, 1.54) is 22.3 Å². The summed E-state index contributed by atoms with van der Waals surface area (Å²) in [5.74, 6) is 0.761. The minimum atomic E-state index is -0.439. The van der Waals surface area contributed by atoms with Crippen molar-refractivity contribution in [2.24, 2.45) is 11.3 Å². The van der Waals surface area contributed by atoms with Crippen molar-refractivity contribution >= 4 is 6.09 Å². The number of carbonyl (C=O) groups is 1. The van der Waals surface area contributed by atoms with Crippen molar-refractivity contribution in [2.45, 2.75) is 46.0 Å². The summed E-state index contributed by atoms with van der Waals surface area (Å²) in [6, 6.07) is 16.7. The first kappa shape index (κ1) is 19.6. The average Bonchev–Trinajstić information content (AvgIpc) is 3.04. The minimum Gasteiger partial charge on any atom is -0.447 e. The van der Waals surface area contributed by atoms with Crippen LogP contribution in [0.1, 0.15) is 57.1 Å². The Balaban J connectivity index is 1.32. The number of nitrogens with one attached hydrogen (secondary N) is 2. The van der Waals surface area contributed by atoms with Crippen molar-refractivity contribution in [3.8, 4) is 11.1 Å². The zero-order valence-corrected chi connectivity index (χ0v) is 17.5. The molecule has 0 spiro atoms. The molecular formula is C25H30N2O2. The molecule has 152 valence electrons. The molecule has 0 saturated carbocycles. The van der Waals surface area contributed by atoms with Gasteiger partial charge in [0.1, 0.15) is 6.61 Å². The standard InChI is InChI=1S/C25H30N2O2/c1-25(2,3)17-12-14-18(15-13-17)26-27-24(28)29-16-23-21-10-6-4-8-19(21)20-9-5-7-11-22(20)23/h4-11,14,17,23,26H,12-13,15-16H2,1-3H3,(H,27,28). The van der Waals surface area contributed by atoms with Crippen LogP contribution in [0.25, 0.3) is 11.1 Å². The Morgan fingerprint density at radius 2 is 1.66 bits per heavy atom. The molecule has 2 aliphatic carbocycles. The number of amides is 1. The first-order valence-electron chi connectivity index (χ1n) is 10.5. The smallest absolute Gasteiger partial charge is 0.425 e. The fourth-order valence-corrected chi connectivity index (χ4v) is 4.50. The first-order chi connectivity index (χ1) is 13.9. The number of fused-ring (bicyclic) bond motifs is 3. The SMILES string of the molecule is CC(C)(C)C1CC=C(NNC(=O)OCC2c3ccccc3-c3ccccc32)CC1. The molecule has 2 aromatic rings. The second-order valence-electron chi connectivity index (χ2n) is 9.14. The molecule has 1 atom stereocenters. The van der Waals surface area contributed by atoms with Crippen molar-refractivity contribution < 1.29 is 9.53 Å². The molecule has 0 aliphatic heterocycles. The second-order valence-corrected chi connectivity index (χ2v) is 9.14. The maximum atomic E-state index is 12.3. The molecule has 0 radical (unpaired) electrons. The van der Waals surface area contributed by atoms with Crippen LogP contribution in [-0.4, -0.2) is 12.7 Å². The van der Waals surface area contributed by atoms with Gasteiger partial charge in [0, 0.05) is 11.6 Å². The normalized spacial score (nSPS) is 18.4. The van der Waals surface area contributed by atoms with E-state index in [4.69, 9.17) is 4.74 Å². The lowest BCUT2D eigenvalue weighted by atomic mass is 9.74. The number of allylic oxidation sites excluding steroid dienone is 2. The molecule has 4 nitrogen and oxygen atoms in total. The van der Waals surface area contributed by atoms with E-state index in [9.17, 15) is 4.79 Å². The van der Waals surface area contributed by atoms with Crippen LogP contribution in [0, 0.1) is 11.3 Å². The number of rotatable bonds is 4. The molecular weight excluding hydrogens is 360 g/mol. The first-order valence-corrected chi connectivity index (χ1v) is 10.5. The highest BCUT2D eigenvalue weighted by Gasteiger charge is 2.29. The largest absolute Gasteiger partial charge is 0.447 e.